The van der Waals surface area contributed by atoms with Crippen LogP contribution in [-0.2, 0) is 11.2 Å². The van der Waals surface area contributed by atoms with E-state index >= 15 is 0 Å². The third-order valence-electron chi connectivity index (χ3n) is 4.14. The van der Waals surface area contributed by atoms with Gasteiger partial charge >= 0.3 is 0 Å². The highest BCUT2D eigenvalue weighted by Crippen LogP contribution is 2.30. The van der Waals surface area contributed by atoms with Crippen molar-refractivity contribution in [1.82, 2.24) is 0 Å². The zero-order valence-electron chi connectivity index (χ0n) is 11.9. The second kappa shape index (κ2) is 6.09. The molecule has 0 aliphatic heterocycles. The van der Waals surface area contributed by atoms with Crippen molar-refractivity contribution >= 4 is 11.6 Å². The molecule has 1 aliphatic carbocycles. The van der Waals surface area contributed by atoms with Crippen LogP contribution in [0.4, 0.5) is 5.69 Å². The first-order valence-corrected chi connectivity index (χ1v) is 7.18. The summed E-state index contributed by atoms with van der Waals surface area (Å²) in [6.07, 6.45) is 4.21. The number of primary amides is 1. The molecule has 3 nitrogen and oxygen atoms in total. The van der Waals surface area contributed by atoms with Gasteiger partial charge in [-0.2, -0.15) is 0 Å². The number of nitrogens with one attached hydrogen (secondary N) is 1. The van der Waals surface area contributed by atoms with E-state index < -0.39 is 0 Å². The molecule has 1 saturated carbocycles. The number of hydrogen-bond acceptors (Lipinski definition) is 2. The molecular formula is C16H24N2O. The maximum Gasteiger partial charge on any atom is 0.221 e. The Balaban J connectivity index is 1.96. The zero-order valence-corrected chi connectivity index (χ0v) is 11.9. The van der Waals surface area contributed by atoms with Crippen molar-refractivity contribution in [2.45, 2.75) is 45.6 Å². The van der Waals surface area contributed by atoms with Crippen LogP contribution < -0.4 is 11.1 Å². The molecule has 0 saturated heterocycles. The lowest BCUT2D eigenvalue weighted by molar-refractivity contribution is -0.117. The normalized spacial score (nSPS) is 26.9. The summed E-state index contributed by atoms with van der Waals surface area (Å²) in [5.74, 6) is 1.25. The van der Waals surface area contributed by atoms with Crippen LogP contribution >= 0.6 is 0 Å². The fourth-order valence-electron chi connectivity index (χ4n) is 2.87. The van der Waals surface area contributed by atoms with E-state index in [4.69, 9.17) is 5.73 Å². The standard InChI is InChI=1S/C16H24N2O/c1-11-3-4-12(2)15(9-11)18-14-7-5-13(6-8-14)10-16(17)19/h5-8,11-12,15,18H,3-4,9-10H2,1-2H3,(H2,17,19). The van der Waals surface area contributed by atoms with Crippen LogP contribution in [0.1, 0.15) is 38.7 Å². The third-order valence-corrected chi connectivity index (χ3v) is 4.14. The van der Waals surface area contributed by atoms with Gasteiger partial charge in [0, 0.05) is 11.7 Å². The van der Waals surface area contributed by atoms with Crippen molar-refractivity contribution in [2.75, 3.05) is 5.32 Å². The van der Waals surface area contributed by atoms with Crippen molar-refractivity contribution in [2.24, 2.45) is 17.6 Å². The lowest BCUT2D eigenvalue weighted by Gasteiger charge is -2.34. The van der Waals surface area contributed by atoms with E-state index in [2.05, 4.69) is 19.2 Å². The molecule has 3 heteroatoms. The molecule has 1 aromatic rings. The Morgan fingerprint density at radius 1 is 1.26 bits per heavy atom. The average molecular weight is 260 g/mol. The van der Waals surface area contributed by atoms with E-state index in [-0.39, 0.29) is 5.91 Å². The van der Waals surface area contributed by atoms with Gasteiger partial charge in [0.1, 0.15) is 0 Å². The Hall–Kier alpha value is -1.51. The fraction of sp³-hybridized carbons (Fsp3) is 0.562. The molecule has 3 atom stereocenters. The van der Waals surface area contributed by atoms with Crippen LogP contribution in [0.2, 0.25) is 0 Å². The first-order valence-electron chi connectivity index (χ1n) is 7.18. The Kier molecular flexibility index (Phi) is 4.46. The lowest BCUT2D eigenvalue weighted by atomic mass is 9.80. The maximum absolute atomic E-state index is 10.9. The number of nitrogens with two attached hydrogens (primary N) is 1. The van der Waals surface area contributed by atoms with Crippen LogP contribution in [-0.4, -0.2) is 11.9 Å². The fourth-order valence-corrected chi connectivity index (χ4v) is 2.87. The van der Waals surface area contributed by atoms with Crippen molar-refractivity contribution in [1.29, 1.82) is 0 Å². The van der Waals surface area contributed by atoms with Gasteiger partial charge < -0.3 is 11.1 Å². The van der Waals surface area contributed by atoms with Crippen molar-refractivity contribution in [3.63, 3.8) is 0 Å². The summed E-state index contributed by atoms with van der Waals surface area (Å²) < 4.78 is 0. The minimum atomic E-state index is -0.282. The second-order valence-electron chi connectivity index (χ2n) is 5.99. The highest BCUT2D eigenvalue weighted by Gasteiger charge is 2.25. The van der Waals surface area contributed by atoms with E-state index in [1.54, 1.807) is 0 Å². The smallest absolute Gasteiger partial charge is 0.221 e. The summed E-state index contributed by atoms with van der Waals surface area (Å²) in [7, 11) is 0. The quantitative estimate of drug-likeness (QED) is 0.874. The molecule has 0 radical (unpaired) electrons. The second-order valence-corrected chi connectivity index (χ2v) is 5.99. The van der Waals surface area contributed by atoms with Crippen LogP contribution in [0, 0.1) is 11.8 Å². The first-order chi connectivity index (χ1) is 9.04. The van der Waals surface area contributed by atoms with Gasteiger partial charge in [-0.15, -0.1) is 0 Å². The molecule has 1 fully saturated rings. The number of anilines is 1. The molecule has 1 aliphatic rings. The Morgan fingerprint density at radius 3 is 2.58 bits per heavy atom. The van der Waals surface area contributed by atoms with Gasteiger partial charge in [0.25, 0.3) is 0 Å². The number of hydrogen-bond donors (Lipinski definition) is 2. The first kappa shape index (κ1) is 13.9. The van der Waals surface area contributed by atoms with Gasteiger partial charge in [-0.05, 0) is 42.4 Å². The molecule has 0 aromatic heterocycles. The summed E-state index contributed by atoms with van der Waals surface area (Å²) in [6, 6.07) is 8.61. The number of amides is 1. The predicted molar refractivity (Wildman–Crippen MR) is 78.9 cm³/mol. The van der Waals surface area contributed by atoms with Gasteiger partial charge in [0.05, 0.1) is 6.42 Å². The molecule has 3 N–H and O–H groups in total. The van der Waals surface area contributed by atoms with E-state index in [0.29, 0.717) is 12.5 Å². The molecule has 104 valence electrons. The Labute approximate surface area is 115 Å². The van der Waals surface area contributed by atoms with Crippen LogP contribution in [0.15, 0.2) is 24.3 Å². The highest BCUT2D eigenvalue weighted by molar-refractivity contribution is 5.76. The van der Waals surface area contributed by atoms with Gasteiger partial charge in [-0.3, -0.25) is 4.79 Å². The zero-order chi connectivity index (χ0) is 13.8. The molecule has 0 bridgehead atoms. The average Bonchev–Trinajstić information content (AvgIpc) is 2.35. The highest BCUT2D eigenvalue weighted by atomic mass is 16.1. The maximum atomic E-state index is 10.9. The number of carbonyl (C=O) groups excluding carboxylic acids is 1. The number of rotatable bonds is 4. The van der Waals surface area contributed by atoms with E-state index in [0.717, 1.165) is 23.1 Å². The van der Waals surface area contributed by atoms with Crippen LogP contribution in [0.3, 0.4) is 0 Å². The third kappa shape index (κ3) is 3.98. The number of carbonyl (C=O) groups is 1. The minimum absolute atomic E-state index is 0.282. The summed E-state index contributed by atoms with van der Waals surface area (Å²) in [5.41, 5.74) is 7.30. The lowest BCUT2D eigenvalue weighted by Crippen LogP contribution is -2.33. The molecule has 1 aromatic carbocycles. The summed E-state index contributed by atoms with van der Waals surface area (Å²) >= 11 is 0. The minimum Gasteiger partial charge on any atom is -0.382 e. The van der Waals surface area contributed by atoms with Gasteiger partial charge in [0.2, 0.25) is 5.91 Å². The molecule has 0 heterocycles. The summed E-state index contributed by atoms with van der Waals surface area (Å²) in [4.78, 5) is 10.9. The van der Waals surface area contributed by atoms with Gasteiger partial charge in [0.15, 0.2) is 0 Å². The SMILES string of the molecule is CC1CCC(C)C(Nc2ccc(CC(N)=O)cc2)C1. The van der Waals surface area contributed by atoms with Crippen LogP contribution in [0.25, 0.3) is 0 Å². The molecule has 19 heavy (non-hydrogen) atoms. The van der Waals surface area contributed by atoms with E-state index in [9.17, 15) is 4.79 Å². The molecule has 1 amide bonds. The summed E-state index contributed by atoms with van der Waals surface area (Å²) in [6.45, 7) is 4.65. The van der Waals surface area contributed by atoms with Crippen molar-refractivity contribution in [3.8, 4) is 0 Å². The monoisotopic (exact) mass is 260 g/mol. The Morgan fingerprint density at radius 2 is 1.95 bits per heavy atom. The van der Waals surface area contributed by atoms with Crippen molar-refractivity contribution < 1.29 is 4.79 Å². The van der Waals surface area contributed by atoms with E-state index in [1.165, 1.54) is 19.3 Å². The topological polar surface area (TPSA) is 55.1 Å². The molecule has 2 rings (SSSR count). The molecule has 0 spiro atoms. The van der Waals surface area contributed by atoms with Crippen molar-refractivity contribution in [3.05, 3.63) is 29.8 Å². The molecule has 3 unspecified atom stereocenters. The van der Waals surface area contributed by atoms with Gasteiger partial charge in [-0.1, -0.05) is 32.4 Å². The van der Waals surface area contributed by atoms with Gasteiger partial charge in [-0.25, -0.2) is 0 Å². The number of benzene rings is 1. The largest absolute Gasteiger partial charge is 0.382 e. The van der Waals surface area contributed by atoms with Crippen LogP contribution in [0.5, 0.6) is 0 Å². The van der Waals surface area contributed by atoms with E-state index in [1.807, 2.05) is 24.3 Å². The summed E-state index contributed by atoms with van der Waals surface area (Å²) in [5, 5.41) is 3.63. The Bertz CT molecular complexity index is 427. The molecular weight excluding hydrogens is 236 g/mol. The predicted octanol–water partition coefficient (Wildman–Crippen LogP) is 2.95.